The van der Waals surface area contributed by atoms with Crippen LogP contribution in [0.3, 0.4) is 0 Å². The van der Waals surface area contributed by atoms with Gasteiger partial charge in [0, 0.05) is 18.2 Å². The van der Waals surface area contributed by atoms with Crippen LogP contribution in [0.15, 0.2) is 21.9 Å². The first-order chi connectivity index (χ1) is 10.4. The Balaban J connectivity index is 1.85. The van der Waals surface area contributed by atoms with E-state index in [2.05, 4.69) is 4.98 Å². The number of aromatic amines is 1. The molecule has 1 N–H and O–H groups in total. The second-order valence-corrected chi connectivity index (χ2v) is 6.79. The molecule has 0 saturated carbocycles. The van der Waals surface area contributed by atoms with Crippen LogP contribution in [0.5, 0.6) is 0 Å². The van der Waals surface area contributed by atoms with E-state index in [0.29, 0.717) is 0 Å². The summed E-state index contributed by atoms with van der Waals surface area (Å²) in [6.07, 6.45) is -0.254. The number of rotatable bonds is 3. The Morgan fingerprint density at radius 2 is 2.27 bits per heavy atom. The lowest BCUT2D eigenvalue weighted by molar-refractivity contribution is -0.0718. The zero-order valence-electron chi connectivity index (χ0n) is 12.1. The molecular weight excluding hydrogens is 315 g/mol. The molecule has 0 radical (unpaired) electrons. The van der Waals surface area contributed by atoms with Crippen LogP contribution in [0.25, 0.3) is 0 Å². The molecule has 1 aromatic rings. The Bertz CT molecular complexity index is 714. The van der Waals surface area contributed by atoms with Gasteiger partial charge < -0.3 is 4.74 Å². The van der Waals surface area contributed by atoms with E-state index >= 15 is 0 Å². The zero-order valence-corrected chi connectivity index (χ0v) is 13.0. The molecule has 3 rings (SSSR count). The number of hydrogen-bond donors (Lipinski definition) is 1. The molecule has 0 spiro atoms. The third-order valence-corrected chi connectivity index (χ3v) is 5.25. The minimum atomic E-state index is -3.58. The monoisotopic (exact) mass is 332 g/mol. The van der Waals surface area contributed by atoms with Gasteiger partial charge in [-0.25, -0.2) is 9.36 Å². The van der Waals surface area contributed by atoms with Crippen LogP contribution in [0.1, 0.15) is 20.1 Å². The highest BCUT2D eigenvalue weighted by molar-refractivity contribution is 7.48. The van der Waals surface area contributed by atoms with Gasteiger partial charge in [0.15, 0.2) is 0 Å². The molecule has 3 heterocycles. The SMILES string of the molecule is CCOP1(=O)OC[C@H]2O[C@@H](n3ccc(=O)[nH]c3=O)[C@@H](C)[C@@H]2O1. The molecule has 122 valence electrons. The van der Waals surface area contributed by atoms with Crippen molar-refractivity contribution in [1.29, 1.82) is 0 Å². The predicted octanol–water partition coefficient (Wildman–Crippen LogP) is 0.630. The average molecular weight is 332 g/mol. The molecule has 9 nitrogen and oxygen atoms in total. The van der Waals surface area contributed by atoms with Crippen molar-refractivity contribution >= 4 is 7.82 Å². The van der Waals surface area contributed by atoms with Gasteiger partial charge in [-0.05, 0) is 6.92 Å². The summed E-state index contributed by atoms with van der Waals surface area (Å²) >= 11 is 0. The van der Waals surface area contributed by atoms with Crippen molar-refractivity contribution in [2.75, 3.05) is 13.2 Å². The highest BCUT2D eigenvalue weighted by Crippen LogP contribution is 2.57. The van der Waals surface area contributed by atoms with E-state index in [1.54, 1.807) is 6.92 Å². The lowest BCUT2D eigenvalue weighted by Gasteiger charge is -2.31. The standard InChI is InChI=1S/C12H17N2O7P/c1-3-18-22(17)19-6-8-10(21-22)7(2)11(20-8)14-5-4-9(15)13-12(14)16/h4-5,7-8,10-11H,3,6H2,1-2H3,(H,13,15,16)/t7-,8+,10-,11+,22?/m0/s1. The summed E-state index contributed by atoms with van der Waals surface area (Å²) in [6, 6.07) is 1.24. The van der Waals surface area contributed by atoms with Gasteiger partial charge in [0.1, 0.15) is 18.4 Å². The van der Waals surface area contributed by atoms with E-state index in [9.17, 15) is 14.2 Å². The van der Waals surface area contributed by atoms with Gasteiger partial charge in [0.25, 0.3) is 5.56 Å². The van der Waals surface area contributed by atoms with Crippen LogP contribution in [0.4, 0.5) is 0 Å². The summed E-state index contributed by atoms with van der Waals surface area (Å²) in [5, 5.41) is 0. The fourth-order valence-corrected chi connectivity index (χ4v) is 4.16. The predicted molar refractivity (Wildman–Crippen MR) is 74.5 cm³/mol. The van der Waals surface area contributed by atoms with Gasteiger partial charge in [0.2, 0.25) is 0 Å². The first-order valence-electron chi connectivity index (χ1n) is 6.98. The maximum atomic E-state index is 12.2. The number of H-pyrrole nitrogens is 1. The summed E-state index contributed by atoms with van der Waals surface area (Å²) < 4.78 is 34.9. The van der Waals surface area contributed by atoms with Gasteiger partial charge in [-0.3, -0.25) is 27.9 Å². The van der Waals surface area contributed by atoms with E-state index < -0.39 is 37.5 Å². The molecule has 1 unspecified atom stereocenters. The van der Waals surface area contributed by atoms with Gasteiger partial charge in [0.05, 0.1) is 13.2 Å². The lowest BCUT2D eigenvalue weighted by atomic mass is 10.0. The highest BCUT2D eigenvalue weighted by atomic mass is 31.2. The van der Waals surface area contributed by atoms with E-state index in [1.807, 2.05) is 6.92 Å². The van der Waals surface area contributed by atoms with Crippen molar-refractivity contribution in [3.63, 3.8) is 0 Å². The molecule has 2 saturated heterocycles. The van der Waals surface area contributed by atoms with E-state index in [1.165, 1.54) is 16.8 Å². The summed E-state index contributed by atoms with van der Waals surface area (Å²) in [6.45, 7) is 3.76. The second-order valence-electron chi connectivity index (χ2n) is 5.17. The molecule has 2 fully saturated rings. The third-order valence-electron chi connectivity index (χ3n) is 3.71. The number of aromatic nitrogens is 2. The first kappa shape index (κ1) is 15.6. The lowest BCUT2D eigenvalue weighted by Crippen LogP contribution is -2.36. The van der Waals surface area contributed by atoms with Crippen LogP contribution in [-0.2, 0) is 22.9 Å². The van der Waals surface area contributed by atoms with Crippen molar-refractivity contribution in [3.05, 3.63) is 33.1 Å². The summed E-state index contributed by atoms with van der Waals surface area (Å²) in [4.78, 5) is 25.2. The fourth-order valence-electron chi connectivity index (χ4n) is 2.70. The van der Waals surface area contributed by atoms with E-state index in [-0.39, 0.29) is 19.1 Å². The molecule has 0 aliphatic carbocycles. The normalized spacial score (nSPS) is 37.9. The summed E-state index contributed by atoms with van der Waals surface area (Å²) in [7, 11) is -3.58. The number of phosphoric ester groups is 1. The number of ether oxygens (including phenoxy) is 1. The maximum absolute atomic E-state index is 12.2. The first-order valence-corrected chi connectivity index (χ1v) is 8.44. The quantitative estimate of drug-likeness (QED) is 0.809. The average Bonchev–Trinajstić information content (AvgIpc) is 2.76. The maximum Gasteiger partial charge on any atom is 0.475 e. The van der Waals surface area contributed by atoms with E-state index in [0.717, 1.165) is 0 Å². The number of phosphoric acid groups is 1. The molecular formula is C12H17N2O7P. The minimum absolute atomic E-state index is 0.0564. The zero-order chi connectivity index (χ0) is 15.9. The molecule has 0 bridgehead atoms. The molecule has 0 amide bonds. The summed E-state index contributed by atoms with van der Waals surface area (Å²) in [5.74, 6) is -0.272. The largest absolute Gasteiger partial charge is 0.475 e. The molecule has 2 aliphatic heterocycles. The van der Waals surface area contributed by atoms with Crippen molar-refractivity contribution < 1.29 is 22.9 Å². The molecule has 0 aromatic carbocycles. The van der Waals surface area contributed by atoms with Crippen molar-refractivity contribution in [2.24, 2.45) is 5.92 Å². The molecule has 10 heteroatoms. The van der Waals surface area contributed by atoms with Crippen LogP contribution < -0.4 is 11.2 Å². The van der Waals surface area contributed by atoms with Crippen LogP contribution in [0.2, 0.25) is 0 Å². The number of fused-ring (bicyclic) bond motifs is 1. The number of nitrogens with zero attached hydrogens (tertiary/aromatic N) is 1. The molecule has 22 heavy (non-hydrogen) atoms. The van der Waals surface area contributed by atoms with Crippen LogP contribution in [0, 0.1) is 5.92 Å². The van der Waals surface area contributed by atoms with E-state index in [4.69, 9.17) is 18.3 Å². The molecule has 1 aromatic heterocycles. The van der Waals surface area contributed by atoms with Gasteiger partial charge >= 0.3 is 13.5 Å². The fraction of sp³-hybridized carbons (Fsp3) is 0.667. The smallest absolute Gasteiger partial charge is 0.349 e. The third kappa shape index (κ3) is 2.70. The topological polar surface area (TPSA) is 109 Å². The van der Waals surface area contributed by atoms with Crippen LogP contribution >= 0.6 is 7.82 Å². The minimum Gasteiger partial charge on any atom is -0.349 e. The molecule has 2 aliphatic rings. The van der Waals surface area contributed by atoms with Crippen molar-refractivity contribution in [2.45, 2.75) is 32.3 Å². The Labute approximate surface area is 125 Å². The van der Waals surface area contributed by atoms with Gasteiger partial charge in [-0.15, -0.1) is 0 Å². The Kier molecular flexibility index (Phi) is 4.09. The van der Waals surface area contributed by atoms with Crippen LogP contribution in [-0.4, -0.2) is 35.0 Å². The van der Waals surface area contributed by atoms with Gasteiger partial charge in [-0.1, -0.05) is 6.92 Å². The van der Waals surface area contributed by atoms with Crippen molar-refractivity contribution in [3.8, 4) is 0 Å². The highest BCUT2D eigenvalue weighted by Gasteiger charge is 2.52. The Morgan fingerprint density at radius 3 is 2.95 bits per heavy atom. The molecule has 5 atom stereocenters. The number of nitrogens with one attached hydrogen (secondary N) is 1. The Hall–Kier alpha value is -1.25. The van der Waals surface area contributed by atoms with Crippen molar-refractivity contribution in [1.82, 2.24) is 9.55 Å². The number of hydrogen-bond acceptors (Lipinski definition) is 7. The second kappa shape index (κ2) is 5.75. The summed E-state index contributed by atoms with van der Waals surface area (Å²) in [5.41, 5.74) is -1.05. The Morgan fingerprint density at radius 1 is 1.50 bits per heavy atom. The van der Waals surface area contributed by atoms with Gasteiger partial charge in [-0.2, -0.15) is 0 Å².